The normalized spacial score (nSPS) is 12.6. The Morgan fingerprint density at radius 2 is 2.18 bits per heavy atom. The SMILES string of the molecule is Cc1cccc(C(C)NCc2noc(C)n2)c1. The van der Waals surface area contributed by atoms with E-state index in [2.05, 4.69) is 53.6 Å². The van der Waals surface area contributed by atoms with Crippen molar-refractivity contribution in [2.75, 3.05) is 0 Å². The zero-order valence-electron chi connectivity index (χ0n) is 10.4. The van der Waals surface area contributed by atoms with Crippen LogP contribution in [0, 0.1) is 13.8 Å². The van der Waals surface area contributed by atoms with Crippen molar-refractivity contribution in [3.8, 4) is 0 Å². The number of hydrogen-bond acceptors (Lipinski definition) is 4. The Hall–Kier alpha value is -1.68. The summed E-state index contributed by atoms with van der Waals surface area (Å²) in [5.41, 5.74) is 2.54. The van der Waals surface area contributed by atoms with Crippen molar-refractivity contribution in [2.24, 2.45) is 0 Å². The lowest BCUT2D eigenvalue weighted by atomic mass is 10.1. The summed E-state index contributed by atoms with van der Waals surface area (Å²) in [6.45, 7) is 6.63. The summed E-state index contributed by atoms with van der Waals surface area (Å²) < 4.78 is 4.92. The molecule has 17 heavy (non-hydrogen) atoms. The first-order chi connectivity index (χ1) is 8.15. The van der Waals surface area contributed by atoms with Gasteiger partial charge in [0.05, 0.1) is 6.54 Å². The first-order valence-corrected chi connectivity index (χ1v) is 5.74. The van der Waals surface area contributed by atoms with Crippen LogP contribution < -0.4 is 5.32 Å². The van der Waals surface area contributed by atoms with Crippen LogP contribution in [0.1, 0.15) is 35.8 Å². The molecule has 0 bridgehead atoms. The third-order valence-corrected chi connectivity index (χ3v) is 2.68. The molecule has 0 amide bonds. The molecule has 0 spiro atoms. The van der Waals surface area contributed by atoms with E-state index in [-0.39, 0.29) is 6.04 Å². The van der Waals surface area contributed by atoms with Crippen molar-refractivity contribution >= 4 is 0 Å². The molecule has 0 fully saturated rings. The average molecular weight is 231 g/mol. The van der Waals surface area contributed by atoms with E-state index < -0.39 is 0 Å². The fourth-order valence-electron chi connectivity index (χ4n) is 1.71. The smallest absolute Gasteiger partial charge is 0.223 e. The highest BCUT2D eigenvalue weighted by atomic mass is 16.5. The Labute approximate surface area is 101 Å². The Kier molecular flexibility index (Phi) is 3.54. The topological polar surface area (TPSA) is 51.0 Å². The molecule has 1 N–H and O–H groups in total. The van der Waals surface area contributed by atoms with Crippen molar-refractivity contribution in [1.82, 2.24) is 15.5 Å². The lowest BCUT2D eigenvalue weighted by Crippen LogP contribution is -2.18. The van der Waals surface area contributed by atoms with Crippen molar-refractivity contribution in [2.45, 2.75) is 33.4 Å². The van der Waals surface area contributed by atoms with E-state index in [1.807, 2.05) is 0 Å². The maximum absolute atomic E-state index is 4.92. The summed E-state index contributed by atoms with van der Waals surface area (Å²) in [4.78, 5) is 4.15. The van der Waals surface area contributed by atoms with Crippen molar-refractivity contribution in [3.63, 3.8) is 0 Å². The Balaban J connectivity index is 1.95. The van der Waals surface area contributed by atoms with E-state index in [1.165, 1.54) is 11.1 Å². The van der Waals surface area contributed by atoms with Gasteiger partial charge in [0.25, 0.3) is 0 Å². The second kappa shape index (κ2) is 5.10. The fourth-order valence-corrected chi connectivity index (χ4v) is 1.71. The maximum atomic E-state index is 4.92. The van der Waals surface area contributed by atoms with Crippen LogP contribution in [-0.2, 0) is 6.54 Å². The number of hydrogen-bond donors (Lipinski definition) is 1. The zero-order valence-corrected chi connectivity index (χ0v) is 10.4. The van der Waals surface area contributed by atoms with Gasteiger partial charge in [-0.2, -0.15) is 4.98 Å². The van der Waals surface area contributed by atoms with Crippen LogP contribution in [0.2, 0.25) is 0 Å². The van der Waals surface area contributed by atoms with Gasteiger partial charge < -0.3 is 9.84 Å². The van der Waals surface area contributed by atoms with Gasteiger partial charge in [-0.3, -0.25) is 0 Å². The van der Waals surface area contributed by atoms with Crippen LogP contribution in [0.3, 0.4) is 0 Å². The first-order valence-electron chi connectivity index (χ1n) is 5.74. The summed E-state index contributed by atoms with van der Waals surface area (Å²) in [6.07, 6.45) is 0. The van der Waals surface area contributed by atoms with Crippen molar-refractivity contribution in [1.29, 1.82) is 0 Å². The molecule has 90 valence electrons. The summed E-state index contributed by atoms with van der Waals surface area (Å²) in [5, 5.41) is 7.22. The standard InChI is InChI=1S/C13H17N3O/c1-9-5-4-6-12(7-9)10(2)14-8-13-15-11(3)17-16-13/h4-7,10,14H,8H2,1-3H3. The molecule has 4 nitrogen and oxygen atoms in total. The second-order valence-electron chi connectivity index (χ2n) is 4.25. The fraction of sp³-hybridized carbons (Fsp3) is 0.385. The lowest BCUT2D eigenvalue weighted by molar-refractivity contribution is 0.384. The van der Waals surface area contributed by atoms with Crippen LogP contribution in [0.5, 0.6) is 0 Å². The highest BCUT2D eigenvalue weighted by Crippen LogP contribution is 2.14. The van der Waals surface area contributed by atoms with E-state index in [0.717, 1.165) is 0 Å². The van der Waals surface area contributed by atoms with Gasteiger partial charge in [0.1, 0.15) is 0 Å². The predicted octanol–water partition coefficient (Wildman–Crippen LogP) is 2.54. The molecule has 2 rings (SSSR count). The molecule has 0 saturated heterocycles. The molecule has 2 aromatic rings. The number of nitrogens with zero attached hydrogens (tertiary/aromatic N) is 2. The first kappa shape index (κ1) is 11.8. The molecule has 1 aromatic carbocycles. The van der Waals surface area contributed by atoms with Gasteiger partial charge in [0.2, 0.25) is 5.89 Å². The molecule has 0 saturated carbocycles. The zero-order chi connectivity index (χ0) is 12.3. The number of rotatable bonds is 4. The molecular formula is C13H17N3O. The van der Waals surface area contributed by atoms with Crippen LogP contribution >= 0.6 is 0 Å². The van der Waals surface area contributed by atoms with Gasteiger partial charge in [-0.05, 0) is 19.4 Å². The Morgan fingerprint density at radius 1 is 1.35 bits per heavy atom. The molecule has 1 aromatic heterocycles. The molecule has 1 atom stereocenters. The maximum Gasteiger partial charge on any atom is 0.223 e. The van der Waals surface area contributed by atoms with E-state index in [0.29, 0.717) is 18.3 Å². The highest BCUT2D eigenvalue weighted by Gasteiger charge is 2.07. The molecule has 0 radical (unpaired) electrons. The molecule has 0 aliphatic heterocycles. The summed E-state index contributed by atoms with van der Waals surface area (Å²) in [7, 11) is 0. The number of aromatic nitrogens is 2. The third kappa shape index (κ3) is 3.14. The molecule has 4 heteroatoms. The van der Waals surface area contributed by atoms with Crippen LogP contribution in [0.4, 0.5) is 0 Å². The largest absolute Gasteiger partial charge is 0.340 e. The van der Waals surface area contributed by atoms with Crippen LogP contribution in [-0.4, -0.2) is 10.1 Å². The summed E-state index contributed by atoms with van der Waals surface area (Å²) >= 11 is 0. The lowest BCUT2D eigenvalue weighted by Gasteiger charge is -2.13. The average Bonchev–Trinajstić information content (AvgIpc) is 2.72. The molecule has 0 aliphatic carbocycles. The number of benzene rings is 1. The second-order valence-corrected chi connectivity index (χ2v) is 4.25. The van der Waals surface area contributed by atoms with Crippen molar-refractivity contribution < 1.29 is 4.52 Å². The third-order valence-electron chi connectivity index (χ3n) is 2.68. The van der Waals surface area contributed by atoms with E-state index >= 15 is 0 Å². The monoisotopic (exact) mass is 231 g/mol. The van der Waals surface area contributed by atoms with Gasteiger partial charge in [-0.15, -0.1) is 0 Å². The minimum absolute atomic E-state index is 0.272. The van der Waals surface area contributed by atoms with E-state index in [9.17, 15) is 0 Å². The van der Waals surface area contributed by atoms with E-state index in [4.69, 9.17) is 4.52 Å². The highest BCUT2D eigenvalue weighted by molar-refractivity contribution is 5.24. The summed E-state index contributed by atoms with van der Waals surface area (Å²) in [6, 6.07) is 8.74. The Bertz CT molecular complexity index is 493. The minimum Gasteiger partial charge on any atom is -0.340 e. The molecule has 1 heterocycles. The van der Waals surface area contributed by atoms with Crippen molar-refractivity contribution in [3.05, 3.63) is 47.1 Å². The van der Waals surface area contributed by atoms with Crippen LogP contribution in [0.15, 0.2) is 28.8 Å². The van der Waals surface area contributed by atoms with Gasteiger partial charge in [-0.1, -0.05) is 35.0 Å². The Morgan fingerprint density at radius 3 is 2.82 bits per heavy atom. The van der Waals surface area contributed by atoms with Crippen LogP contribution in [0.25, 0.3) is 0 Å². The van der Waals surface area contributed by atoms with Gasteiger partial charge in [0, 0.05) is 13.0 Å². The molecule has 1 unspecified atom stereocenters. The van der Waals surface area contributed by atoms with Gasteiger partial charge >= 0.3 is 0 Å². The number of nitrogens with one attached hydrogen (secondary N) is 1. The van der Waals surface area contributed by atoms with Gasteiger partial charge in [0.15, 0.2) is 5.82 Å². The van der Waals surface area contributed by atoms with E-state index in [1.54, 1.807) is 6.92 Å². The molecule has 0 aliphatic rings. The van der Waals surface area contributed by atoms with Gasteiger partial charge in [-0.25, -0.2) is 0 Å². The summed E-state index contributed by atoms with van der Waals surface area (Å²) in [5.74, 6) is 1.30. The predicted molar refractivity (Wildman–Crippen MR) is 65.5 cm³/mol. The quantitative estimate of drug-likeness (QED) is 0.878. The molecular weight excluding hydrogens is 214 g/mol. The number of aryl methyl sites for hydroxylation is 2. The minimum atomic E-state index is 0.272.